The number of hydrogen-bond acceptors (Lipinski definition) is 3. The lowest BCUT2D eigenvalue weighted by molar-refractivity contribution is 0.461. The maximum Gasteiger partial charge on any atom is 0.220 e. The van der Waals surface area contributed by atoms with Crippen molar-refractivity contribution in [2.75, 3.05) is 0 Å². The van der Waals surface area contributed by atoms with E-state index in [1.54, 1.807) is 18.2 Å². The van der Waals surface area contributed by atoms with Gasteiger partial charge in [0, 0.05) is 11.1 Å². The van der Waals surface area contributed by atoms with E-state index in [9.17, 15) is 0 Å². The summed E-state index contributed by atoms with van der Waals surface area (Å²) in [6, 6.07) is 10.7. The van der Waals surface area contributed by atoms with Crippen LogP contribution < -0.4 is 4.74 Å². The third kappa shape index (κ3) is 2.61. The van der Waals surface area contributed by atoms with E-state index in [4.69, 9.17) is 21.6 Å². The van der Waals surface area contributed by atoms with Crippen molar-refractivity contribution in [2.24, 2.45) is 0 Å². The molecule has 90 valence electrons. The smallest absolute Gasteiger partial charge is 0.220 e. The standard InChI is InChI=1S/C14H11ClN2O/c1-9-6-12(7-10(2)14(9)15)18-13-5-3-4-11(8-16)17-13/h3-7H,1-2H3. The molecule has 0 aliphatic rings. The predicted molar refractivity (Wildman–Crippen MR) is 70.0 cm³/mol. The zero-order valence-corrected chi connectivity index (χ0v) is 10.8. The highest BCUT2D eigenvalue weighted by Crippen LogP contribution is 2.28. The van der Waals surface area contributed by atoms with Crippen molar-refractivity contribution in [3.63, 3.8) is 0 Å². The number of ether oxygens (including phenoxy) is 1. The first kappa shape index (κ1) is 12.4. The predicted octanol–water partition coefficient (Wildman–Crippen LogP) is 4.02. The topological polar surface area (TPSA) is 45.9 Å². The summed E-state index contributed by atoms with van der Waals surface area (Å²) >= 11 is 6.09. The maximum atomic E-state index is 8.77. The Morgan fingerprint density at radius 3 is 2.50 bits per heavy atom. The van der Waals surface area contributed by atoms with E-state index in [-0.39, 0.29) is 0 Å². The molecule has 0 atom stereocenters. The quantitative estimate of drug-likeness (QED) is 0.817. The first-order chi connectivity index (χ1) is 8.60. The molecular weight excluding hydrogens is 248 g/mol. The molecule has 18 heavy (non-hydrogen) atoms. The Morgan fingerprint density at radius 1 is 1.22 bits per heavy atom. The molecule has 0 spiro atoms. The van der Waals surface area contributed by atoms with Gasteiger partial charge in [0.15, 0.2) is 0 Å². The number of nitriles is 1. The molecule has 0 saturated carbocycles. The maximum absolute atomic E-state index is 8.77. The lowest BCUT2D eigenvalue weighted by atomic mass is 10.1. The molecule has 2 aromatic rings. The summed E-state index contributed by atoms with van der Waals surface area (Å²) in [5, 5.41) is 9.50. The number of aromatic nitrogens is 1. The highest BCUT2D eigenvalue weighted by molar-refractivity contribution is 6.32. The average Bonchev–Trinajstić information content (AvgIpc) is 2.36. The van der Waals surface area contributed by atoms with Crippen LogP contribution in [0.3, 0.4) is 0 Å². The normalized spacial score (nSPS) is 9.89. The van der Waals surface area contributed by atoms with E-state index in [1.807, 2.05) is 32.0 Å². The summed E-state index contributed by atoms with van der Waals surface area (Å²) in [6.45, 7) is 3.84. The Bertz CT molecular complexity index is 609. The van der Waals surface area contributed by atoms with Gasteiger partial charge in [-0.3, -0.25) is 0 Å². The van der Waals surface area contributed by atoms with Gasteiger partial charge in [0.1, 0.15) is 17.5 Å². The van der Waals surface area contributed by atoms with Crippen LogP contribution in [-0.4, -0.2) is 4.98 Å². The van der Waals surface area contributed by atoms with Crippen LogP contribution in [-0.2, 0) is 0 Å². The molecule has 2 rings (SSSR count). The third-order valence-electron chi connectivity index (χ3n) is 2.47. The van der Waals surface area contributed by atoms with Crippen LogP contribution in [0.5, 0.6) is 11.6 Å². The first-order valence-electron chi connectivity index (χ1n) is 5.42. The summed E-state index contributed by atoms with van der Waals surface area (Å²) < 4.78 is 5.62. The number of benzene rings is 1. The van der Waals surface area contributed by atoms with E-state index in [2.05, 4.69) is 4.98 Å². The zero-order chi connectivity index (χ0) is 13.1. The van der Waals surface area contributed by atoms with Crippen LogP contribution in [0.4, 0.5) is 0 Å². The molecule has 0 fully saturated rings. The number of pyridine rings is 1. The Hall–Kier alpha value is -2.05. The van der Waals surface area contributed by atoms with Gasteiger partial charge < -0.3 is 4.74 Å². The van der Waals surface area contributed by atoms with Crippen molar-refractivity contribution in [3.8, 4) is 17.7 Å². The van der Waals surface area contributed by atoms with Crippen molar-refractivity contribution in [1.29, 1.82) is 5.26 Å². The van der Waals surface area contributed by atoms with Crippen LogP contribution in [0.25, 0.3) is 0 Å². The van der Waals surface area contributed by atoms with Crippen LogP contribution in [0, 0.1) is 25.2 Å². The van der Waals surface area contributed by atoms with E-state index in [1.165, 1.54) is 0 Å². The minimum Gasteiger partial charge on any atom is -0.439 e. The summed E-state index contributed by atoms with van der Waals surface area (Å²) in [4.78, 5) is 4.05. The van der Waals surface area contributed by atoms with Gasteiger partial charge in [-0.25, -0.2) is 4.98 Å². The van der Waals surface area contributed by atoms with Gasteiger partial charge >= 0.3 is 0 Å². The molecule has 3 nitrogen and oxygen atoms in total. The largest absolute Gasteiger partial charge is 0.439 e. The molecule has 0 aliphatic heterocycles. The molecule has 0 bridgehead atoms. The average molecular weight is 259 g/mol. The van der Waals surface area contributed by atoms with Crippen molar-refractivity contribution < 1.29 is 4.74 Å². The Morgan fingerprint density at radius 2 is 1.89 bits per heavy atom. The van der Waals surface area contributed by atoms with Crippen LogP contribution in [0.1, 0.15) is 16.8 Å². The highest BCUT2D eigenvalue weighted by Gasteiger charge is 2.05. The Labute approximate surface area is 111 Å². The number of aryl methyl sites for hydroxylation is 2. The Kier molecular flexibility index (Phi) is 3.50. The van der Waals surface area contributed by atoms with Crippen molar-refractivity contribution >= 4 is 11.6 Å². The summed E-state index contributed by atoms with van der Waals surface area (Å²) in [6.07, 6.45) is 0. The van der Waals surface area contributed by atoms with E-state index in [0.29, 0.717) is 17.3 Å². The van der Waals surface area contributed by atoms with Crippen molar-refractivity contribution in [3.05, 3.63) is 52.2 Å². The molecule has 0 aliphatic carbocycles. The molecule has 0 N–H and O–H groups in total. The minimum atomic E-state index is 0.329. The second-order valence-electron chi connectivity index (χ2n) is 3.95. The SMILES string of the molecule is Cc1cc(Oc2cccc(C#N)n2)cc(C)c1Cl. The van der Waals surface area contributed by atoms with E-state index in [0.717, 1.165) is 16.1 Å². The molecular formula is C14H11ClN2O. The van der Waals surface area contributed by atoms with E-state index >= 15 is 0 Å². The second-order valence-corrected chi connectivity index (χ2v) is 4.32. The lowest BCUT2D eigenvalue weighted by Crippen LogP contribution is -1.92. The molecule has 0 unspecified atom stereocenters. The van der Waals surface area contributed by atoms with Gasteiger partial charge in [-0.15, -0.1) is 0 Å². The van der Waals surface area contributed by atoms with Gasteiger partial charge in [0.2, 0.25) is 5.88 Å². The summed E-state index contributed by atoms with van der Waals surface area (Å²) in [7, 11) is 0. The number of nitrogens with zero attached hydrogens (tertiary/aromatic N) is 2. The molecule has 1 heterocycles. The van der Waals surface area contributed by atoms with Gasteiger partial charge in [-0.1, -0.05) is 17.7 Å². The number of halogens is 1. The molecule has 1 aromatic heterocycles. The summed E-state index contributed by atoms with van der Waals surface area (Å²) in [5.41, 5.74) is 2.22. The molecule has 0 amide bonds. The van der Waals surface area contributed by atoms with Gasteiger partial charge in [-0.05, 0) is 43.2 Å². The highest BCUT2D eigenvalue weighted by atomic mass is 35.5. The first-order valence-corrected chi connectivity index (χ1v) is 5.79. The lowest BCUT2D eigenvalue weighted by Gasteiger charge is -2.08. The fourth-order valence-electron chi connectivity index (χ4n) is 1.62. The zero-order valence-electron chi connectivity index (χ0n) is 10.1. The number of rotatable bonds is 2. The van der Waals surface area contributed by atoms with E-state index < -0.39 is 0 Å². The molecule has 0 radical (unpaired) electrons. The fraction of sp³-hybridized carbons (Fsp3) is 0.143. The third-order valence-corrected chi connectivity index (χ3v) is 3.07. The second kappa shape index (κ2) is 5.07. The summed E-state index contributed by atoms with van der Waals surface area (Å²) in [5.74, 6) is 1.06. The Balaban J connectivity index is 2.32. The molecule has 1 aromatic carbocycles. The molecule has 0 saturated heterocycles. The van der Waals surface area contributed by atoms with Crippen LogP contribution in [0.2, 0.25) is 5.02 Å². The van der Waals surface area contributed by atoms with Crippen molar-refractivity contribution in [1.82, 2.24) is 4.98 Å². The van der Waals surface area contributed by atoms with Gasteiger partial charge in [0.05, 0.1) is 0 Å². The van der Waals surface area contributed by atoms with Crippen molar-refractivity contribution in [2.45, 2.75) is 13.8 Å². The monoisotopic (exact) mass is 258 g/mol. The van der Waals surface area contributed by atoms with Crippen LogP contribution >= 0.6 is 11.6 Å². The number of hydrogen-bond donors (Lipinski definition) is 0. The minimum absolute atomic E-state index is 0.329. The molecule has 4 heteroatoms. The fourth-order valence-corrected chi connectivity index (χ4v) is 1.73. The van der Waals surface area contributed by atoms with Gasteiger partial charge in [-0.2, -0.15) is 5.26 Å². The van der Waals surface area contributed by atoms with Crippen LogP contribution in [0.15, 0.2) is 30.3 Å². The van der Waals surface area contributed by atoms with Gasteiger partial charge in [0.25, 0.3) is 0 Å².